The van der Waals surface area contributed by atoms with E-state index in [2.05, 4.69) is 0 Å². The lowest BCUT2D eigenvalue weighted by atomic mass is 10.2. The molecule has 0 saturated carbocycles. The minimum Gasteiger partial charge on any atom is -0.398 e. The van der Waals surface area contributed by atoms with Gasteiger partial charge in [-0.3, -0.25) is 0 Å². The molecule has 3 nitrogen and oxygen atoms in total. The van der Waals surface area contributed by atoms with E-state index in [0.717, 1.165) is 12.1 Å². The molecule has 6 heteroatoms. The fourth-order valence-corrected chi connectivity index (χ4v) is 3.54. The van der Waals surface area contributed by atoms with Crippen LogP contribution in [0.4, 0.5) is 14.5 Å². The smallest absolute Gasteiger partial charge is 0.182 e. The number of hydrogen-bond acceptors (Lipinski definition) is 3. The predicted molar refractivity (Wildman–Crippen MR) is 72.8 cm³/mol. The van der Waals surface area contributed by atoms with Gasteiger partial charge in [-0.05, 0) is 42.3 Å². The molecule has 0 saturated heterocycles. The van der Waals surface area contributed by atoms with Crippen molar-refractivity contribution >= 4 is 15.5 Å². The zero-order valence-corrected chi connectivity index (χ0v) is 11.5. The number of halogens is 2. The molecule has 106 valence electrons. The third-order valence-corrected chi connectivity index (χ3v) is 4.83. The third kappa shape index (κ3) is 2.80. The topological polar surface area (TPSA) is 60.2 Å². The Morgan fingerprint density at radius 1 is 1.10 bits per heavy atom. The van der Waals surface area contributed by atoms with Crippen LogP contribution in [0.15, 0.2) is 41.3 Å². The Kier molecular flexibility index (Phi) is 3.76. The molecule has 0 radical (unpaired) electrons. The minimum absolute atomic E-state index is 0.0993. The van der Waals surface area contributed by atoms with Gasteiger partial charge in [0.2, 0.25) is 0 Å². The quantitative estimate of drug-likeness (QED) is 0.886. The third-order valence-electron chi connectivity index (χ3n) is 3.00. The first-order chi connectivity index (χ1) is 9.31. The van der Waals surface area contributed by atoms with E-state index in [0.29, 0.717) is 11.3 Å². The Labute approximate surface area is 116 Å². The second kappa shape index (κ2) is 5.20. The SMILES string of the molecule is Cc1c(N)cccc1S(=O)(=O)Cc1ccc(F)c(F)c1. The predicted octanol–water partition coefficient (Wildman–Crippen LogP) is 2.83. The van der Waals surface area contributed by atoms with Crippen molar-refractivity contribution in [1.29, 1.82) is 0 Å². The van der Waals surface area contributed by atoms with Crippen molar-refractivity contribution in [3.8, 4) is 0 Å². The zero-order chi connectivity index (χ0) is 14.9. The Morgan fingerprint density at radius 3 is 2.45 bits per heavy atom. The molecule has 2 rings (SSSR count). The highest BCUT2D eigenvalue weighted by molar-refractivity contribution is 7.90. The standard InChI is InChI=1S/C14H13F2NO2S/c1-9-13(17)3-2-4-14(9)20(18,19)8-10-5-6-11(15)12(16)7-10/h2-7H,8,17H2,1H3. The first-order valence-electron chi connectivity index (χ1n) is 5.83. The van der Waals surface area contributed by atoms with Crippen molar-refractivity contribution in [2.75, 3.05) is 5.73 Å². The highest BCUT2D eigenvalue weighted by Gasteiger charge is 2.19. The fraction of sp³-hybridized carbons (Fsp3) is 0.143. The second-order valence-electron chi connectivity index (χ2n) is 4.48. The maximum Gasteiger partial charge on any atom is 0.182 e. The van der Waals surface area contributed by atoms with Gasteiger partial charge >= 0.3 is 0 Å². The van der Waals surface area contributed by atoms with Crippen LogP contribution in [0.1, 0.15) is 11.1 Å². The van der Waals surface area contributed by atoms with Gasteiger partial charge in [-0.2, -0.15) is 0 Å². The van der Waals surface area contributed by atoms with Crippen molar-refractivity contribution < 1.29 is 17.2 Å². The fourth-order valence-electron chi connectivity index (χ4n) is 1.89. The first-order valence-corrected chi connectivity index (χ1v) is 7.48. The van der Waals surface area contributed by atoms with Gasteiger partial charge in [-0.15, -0.1) is 0 Å². The van der Waals surface area contributed by atoms with Gasteiger partial charge in [0.25, 0.3) is 0 Å². The molecule has 0 spiro atoms. The maximum atomic E-state index is 13.1. The van der Waals surface area contributed by atoms with Crippen molar-refractivity contribution in [3.05, 3.63) is 59.2 Å². The summed E-state index contributed by atoms with van der Waals surface area (Å²) in [6, 6.07) is 7.63. The van der Waals surface area contributed by atoms with E-state index in [4.69, 9.17) is 5.73 Å². The molecule has 0 heterocycles. The average molecular weight is 297 g/mol. The van der Waals surface area contributed by atoms with Crippen molar-refractivity contribution in [2.45, 2.75) is 17.6 Å². The van der Waals surface area contributed by atoms with Crippen LogP contribution >= 0.6 is 0 Å². The molecule has 0 aromatic heterocycles. The van der Waals surface area contributed by atoms with Crippen LogP contribution in [0, 0.1) is 18.6 Å². The van der Waals surface area contributed by atoms with Gasteiger partial charge in [-0.1, -0.05) is 12.1 Å². The Bertz CT molecular complexity index is 758. The molecule has 0 aliphatic rings. The summed E-state index contributed by atoms with van der Waals surface area (Å²) in [6.07, 6.45) is 0. The first kappa shape index (κ1) is 14.5. The molecule has 20 heavy (non-hydrogen) atoms. The van der Waals surface area contributed by atoms with Crippen LogP contribution in [0.25, 0.3) is 0 Å². The van der Waals surface area contributed by atoms with Crippen LogP contribution in [-0.2, 0) is 15.6 Å². The summed E-state index contributed by atoms with van der Waals surface area (Å²) in [7, 11) is -3.67. The lowest BCUT2D eigenvalue weighted by molar-refractivity contribution is 0.507. The molecule has 0 amide bonds. The highest BCUT2D eigenvalue weighted by Crippen LogP contribution is 2.24. The van der Waals surface area contributed by atoms with Gasteiger partial charge in [0.05, 0.1) is 10.6 Å². The Hall–Kier alpha value is -1.95. The number of hydrogen-bond donors (Lipinski definition) is 1. The molecule has 2 N–H and O–H groups in total. The number of benzene rings is 2. The molecule has 0 aliphatic heterocycles. The lowest BCUT2D eigenvalue weighted by Gasteiger charge is -2.10. The van der Waals surface area contributed by atoms with Gasteiger partial charge < -0.3 is 5.73 Å². The van der Waals surface area contributed by atoms with E-state index in [1.807, 2.05) is 0 Å². The van der Waals surface area contributed by atoms with E-state index in [-0.39, 0.29) is 10.5 Å². The summed E-state index contributed by atoms with van der Waals surface area (Å²) in [4.78, 5) is 0.0993. The number of nitrogen functional groups attached to an aromatic ring is 1. The lowest BCUT2D eigenvalue weighted by Crippen LogP contribution is -2.08. The van der Waals surface area contributed by atoms with Crippen LogP contribution in [0.3, 0.4) is 0 Å². The summed E-state index contributed by atoms with van der Waals surface area (Å²) in [5, 5.41) is 0. The largest absolute Gasteiger partial charge is 0.398 e. The molecular formula is C14H13F2NO2S. The minimum atomic E-state index is -3.67. The Balaban J connectivity index is 2.41. The summed E-state index contributed by atoms with van der Waals surface area (Å²) >= 11 is 0. The van der Waals surface area contributed by atoms with Crippen LogP contribution < -0.4 is 5.73 Å². The summed E-state index contributed by atoms with van der Waals surface area (Å²) in [5.41, 5.74) is 6.69. The Morgan fingerprint density at radius 2 is 1.80 bits per heavy atom. The molecule has 0 aliphatic carbocycles. The molecule has 2 aromatic carbocycles. The van der Waals surface area contributed by atoms with Crippen molar-refractivity contribution in [2.24, 2.45) is 0 Å². The van der Waals surface area contributed by atoms with Crippen LogP contribution in [0.2, 0.25) is 0 Å². The summed E-state index contributed by atoms with van der Waals surface area (Å²) in [6.45, 7) is 1.60. The van der Waals surface area contributed by atoms with Gasteiger partial charge in [0, 0.05) is 5.69 Å². The van der Waals surface area contributed by atoms with Gasteiger partial charge in [0.15, 0.2) is 21.5 Å². The highest BCUT2D eigenvalue weighted by atomic mass is 32.2. The molecule has 0 fully saturated rings. The van der Waals surface area contributed by atoms with E-state index < -0.39 is 27.2 Å². The number of anilines is 1. The van der Waals surface area contributed by atoms with E-state index in [1.165, 1.54) is 12.1 Å². The van der Waals surface area contributed by atoms with Crippen molar-refractivity contribution in [1.82, 2.24) is 0 Å². The monoisotopic (exact) mass is 297 g/mol. The summed E-state index contributed by atoms with van der Waals surface area (Å²) in [5.74, 6) is -2.48. The zero-order valence-electron chi connectivity index (χ0n) is 10.7. The number of sulfone groups is 1. The molecule has 0 atom stereocenters. The number of nitrogens with two attached hydrogens (primary N) is 1. The van der Waals surface area contributed by atoms with E-state index >= 15 is 0 Å². The number of rotatable bonds is 3. The van der Waals surface area contributed by atoms with Crippen LogP contribution in [-0.4, -0.2) is 8.42 Å². The normalized spacial score (nSPS) is 11.6. The van der Waals surface area contributed by atoms with E-state index in [9.17, 15) is 17.2 Å². The molecular weight excluding hydrogens is 284 g/mol. The average Bonchev–Trinajstić information content (AvgIpc) is 2.36. The van der Waals surface area contributed by atoms with Crippen molar-refractivity contribution in [3.63, 3.8) is 0 Å². The summed E-state index contributed by atoms with van der Waals surface area (Å²) < 4.78 is 50.5. The second-order valence-corrected chi connectivity index (χ2v) is 6.44. The maximum absolute atomic E-state index is 13.1. The van der Waals surface area contributed by atoms with Gasteiger partial charge in [-0.25, -0.2) is 17.2 Å². The van der Waals surface area contributed by atoms with Gasteiger partial charge in [0.1, 0.15) is 0 Å². The van der Waals surface area contributed by atoms with Crippen LogP contribution in [0.5, 0.6) is 0 Å². The molecule has 2 aromatic rings. The molecule has 0 unspecified atom stereocenters. The molecule has 0 bridgehead atoms. The van der Waals surface area contributed by atoms with E-state index in [1.54, 1.807) is 19.1 Å².